The van der Waals surface area contributed by atoms with Gasteiger partial charge in [0.15, 0.2) is 0 Å². The maximum Gasteiger partial charge on any atom is 0.414 e. The van der Waals surface area contributed by atoms with Crippen molar-refractivity contribution in [3.63, 3.8) is 0 Å². The fourth-order valence-electron chi connectivity index (χ4n) is 0.827. The zero-order valence-corrected chi connectivity index (χ0v) is 10.3. The normalized spacial score (nSPS) is 9.28. The Morgan fingerprint density at radius 1 is 1.17 bits per heavy atom. The molecule has 1 aromatic carbocycles. The quantitative estimate of drug-likeness (QED) is 0.557. The number of benzene rings is 1. The zero-order chi connectivity index (χ0) is 14.1. The molecule has 6 nitrogen and oxygen atoms in total. The van der Waals surface area contributed by atoms with Crippen LogP contribution < -0.4 is 10.5 Å². The second-order valence-corrected chi connectivity index (χ2v) is 3.88. The van der Waals surface area contributed by atoms with Crippen molar-refractivity contribution < 1.29 is 24.5 Å². The highest BCUT2D eigenvalue weighted by Gasteiger charge is 2.04. The van der Waals surface area contributed by atoms with Crippen molar-refractivity contribution in [3.8, 4) is 5.75 Å². The van der Waals surface area contributed by atoms with Crippen LogP contribution >= 0.6 is 0 Å². The molecule has 0 atom stereocenters. The molecule has 0 saturated carbocycles. The minimum absolute atomic E-state index is 0.558. The molecule has 1 aromatic rings. The van der Waals surface area contributed by atoms with Gasteiger partial charge >= 0.3 is 11.9 Å². The molecule has 0 aromatic heterocycles. The lowest BCUT2D eigenvalue weighted by Crippen LogP contribution is -2.09. The van der Waals surface area contributed by atoms with E-state index in [1.54, 1.807) is 0 Å². The van der Waals surface area contributed by atoms with Crippen molar-refractivity contribution in [2.75, 3.05) is 12.3 Å². The SMILES string of the molecule is CC(C)COc1ccc(N)cc1.O=C(O)C(=O)O. The second kappa shape index (κ2) is 7.94. The van der Waals surface area contributed by atoms with Crippen molar-refractivity contribution in [2.45, 2.75) is 13.8 Å². The fourth-order valence-corrected chi connectivity index (χ4v) is 0.827. The Labute approximate surface area is 105 Å². The summed E-state index contributed by atoms with van der Waals surface area (Å²) in [5.74, 6) is -2.20. The van der Waals surface area contributed by atoms with Crippen LogP contribution in [0.25, 0.3) is 0 Å². The Hall–Kier alpha value is -2.24. The Balaban J connectivity index is 0.000000411. The van der Waals surface area contributed by atoms with Crippen molar-refractivity contribution in [2.24, 2.45) is 5.92 Å². The summed E-state index contributed by atoms with van der Waals surface area (Å²) in [7, 11) is 0. The molecule has 0 radical (unpaired) electrons. The van der Waals surface area contributed by atoms with E-state index in [1.165, 1.54) is 0 Å². The van der Waals surface area contributed by atoms with E-state index in [0.29, 0.717) is 5.92 Å². The molecule has 1 rings (SSSR count). The number of hydrogen-bond acceptors (Lipinski definition) is 4. The molecule has 0 aliphatic carbocycles. The first-order valence-electron chi connectivity index (χ1n) is 5.27. The number of nitrogen functional groups attached to an aromatic ring is 1. The van der Waals surface area contributed by atoms with Crippen LogP contribution in [-0.4, -0.2) is 28.8 Å². The number of ether oxygens (including phenoxy) is 1. The minimum atomic E-state index is -1.82. The monoisotopic (exact) mass is 255 g/mol. The van der Waals surface area contributed by atoms with E-state index in [-0.39, 0.29) is 0 Å². The van der Waals surface area contributed by atoms with Gasteiger partial charge in [0.05, 0.1) is 6.61 Å². The van der Waals surface area contributed by atoms with E-state index in [4.69, 9.17) is 30.3 Å². The van der Waals surface area contributed by atoms with Gasteiger partial charge in [-0.1, -0.05) is 13.8 Å². The molecular weight excluding hydrogens is 238 g/mol. The van der Waals surface area contributed by atoms with Gasteiger partial charge in [-0.15, -0.1) is 0 Å². The first-order valence-corrected chi connectivity index (χ1v) is 5.27. The van der Waals surface area contributed by atoms with Crippen LogP contribution in [0.3, 0.4) is 0 Å². The third-order valence-electron chi connectivity index (χ3n) is 1.65. The summed E-state index contributed by atoms with van der Waals surface area (Å²) in [6.07, 6.45) is 0. The van der Waals surface area contributed by atoms with E-state index in [0.717, 1.165) is 18.0 Å². The highest BCUT2D eigenvalue weighted by atomic mass is 16.5. The van der Waals surface area contributed by atoms with Crippen LogP contribution in [0.4, 0.5) is 5.69 Å². The van der Waals surface area contributed by atoms with E-state index in [1.807, 2.05) is 24.3 Å². The van der Waals surface area contributed by atoms with Crippen LogP contribution in [0.15, 0.2) is 24.3 Å². The molecule has 0 fully saturated rings. The van der Waals surface area contributed by atoms with Crippen LogP contribution in [0.2, 0.25) is 0 Å². The molecule has 18 heavy (non-hydrogen) atoms. The second-order valence-electron chi connectivity index (χ2n) is 3.88. The Morgan fingerprint density at radius 3 is 1.94 bits per heavy atom. The average Bonchev–Trinajstić information content (AvgIpc) is 2.29. The molecule has 0 heterocycles. The van der Waals surface area contributed by atoms with Crippen LogP contribution in [-0.2, 0) is 9.59 Å². The lowest BCUT2D eigenvalue weighted by molar-refractivity contribution is -0.159. The fraction of sp³-hybridized carbons (Fsp3) is 0.333. The molecule has 0 unspecified atom stereocenters. The summed E-state index contributed by atoms with van der Waals surface area (Å²) < 4.78 is 5.47. The molecule has 4 N–H and O–H groups in total. The number of carbonyl (C=O) groups is 2. The summed E-state index contributed by atoms with van der Waals surface area (Å²) >= 11 is 0. The minimum Gasteiger partial charge on any atom is -0.493 e. The highest BCUT2D eigenvalue weighted by Crippen LogP contribution is 2.13. The van der Waals surface area contributed by atoms with Gasteiger partial charge in [-0.3, -0.25) is 0 Å². The largest absolute Gasteiger partial charge is 0.493 e. The smallest absolute Gasteiger partial charge is 0.414 e. The van der Waals surface area contributed by atoms with Gasteiger partial charge in [-0.25, -0.2) is 9.59 Å². The lowest BCUT2D eigenvalue weighted by atomic mass is 10.2. The van der Waals surface area contributed by atoms with E-state index in [9.17, 15) is 0 Å². The number of rotatable bonds is 3. The highest BCUT2D eigenvalue weighted by molar-refractivity contribution is 6.27. The van der Waals surface area contributed by atoms with E-state index >= 15 is 0 Å². The van der Waals surface area contributed by atoms with Gasteiger partial charge in [-0.05, 0) is 30.2 Å². The summed E-state index contributed by atoms with van der Waals surface area (Å²) in [6.45, 7) is 5.00. The van der Waals surface area contributed by atoms with Crippen molar-refractivity contribution >= 4 is 17.6 Å². The average molecular weight is 255 g/mol. The number of nitrogens with two attached hydrogens (primary N) is 1. The molecule has 0 spiro atoms. The van der Waals surface area contributed by atoms with Crippen molar-refractivity contribution in [1.29, 1.82) is 0 Å². The molecule has 0 aliphatic rings. The third-order valence-corrected chi connectivity index (χ3v) is 1.65. The zero-order valence-electron chi connectivity index (χ0n) is 10.3. The molecule has 0 aliphatic heterocycles. The van der Waals surface area contributed by atoms with Gasteiger partial charge in [0.1, 0.15) is 5.75 Å². The third kappa shape index (κ3) is 7.98. The molecule has 0 bridgehead atoms. The topological polar surface area (TPSA) is 110 Å². The molecule has 0 saturated heterocycles. The van der Waals surface area contributed by atoms with Crippen LogP contribution in [0, 0.1) is 5.92 Å². The number of hydrogen-bond donors (Lipinski definition) is 3. The molecule has 0 amide bonds. The van der Waals surface area contributed by atoms with Gasteiger partial charge < -0.3 is 20.7 Å². The van der Waals surface area contributed by atoms with E-state index in [2.05, 4.69) is 13.8 Å². The van der Waals surface area contributed by atoms with Crippen LogP contribution in [0.1, 0.15) is 13.8 Å². The number of carboxylic acids is 2. The van der Waals surface area contributed by atoms with Gasteiger partial charge in [0.25, 0.3) is 0 Å². The number of anilines is 1. The van der Waals surface area contributed by atoms with Crippen LogP contribution in [0.5, 0.6) is 5.75 Å². The Morgan fingerprint density at radius 2 is 1.61 bits per heavy atom. The molecular formula is C12H17NO5. The summed E-state index contributed by atoms with van der Waals surface area (Å²) in [5.41, 5.74) is 6.30. The van der Waals surface area contributed by atoms with Crippen molar-refractivity contribution in [1.82, 2.24) is 0 Å². The van der Waals surface area contributed by atoms with E-state index < -0.39 is 11.9 Å². The molecule has 6 heteroatoms. The van der Waals surface area contributed by atoms with Crippen molar-refractivity contribution in [3.05, 3.63) is 24.3 Å². The predicted octanol–water partition coefficient (Wildman–Crippen LogP) is 1.46. The summed E-state index contributed by atoms with van der Waals surface area (Å²) in [6, 6.07) is 7.46. The Bertz CT molecular complexity index is 374. The maximum absolute atomic E-state index is 9.10. The maximum atomic E-state index is 9.10. The lowest BCUT2D eigenvalue weighted by Gasteiger charge is -2.07. The van der Waals surface area contributed by atoms with Gasteiger partial charge in [-0.2, -0.15) is 0 Å². The first-order chi connectivity index (χ1) is 8.32. The molecule has 100 valence electrons. The Kier molecular flexibility index (Phi) is 6.95. The summed E-state index contributed by atoms with van der Waals surface area (Å²) in [5, 5.41) is 14.8. The first kappa shape index (κ1) is 15.8. The summed E-state index contributed by atoms with van der Waals surface area (Å²) in [4.78, 5) is 18.2. The van der Waals surface area contributed by atoms with Gasteiger partial charge in [0.2, 0.25) is 0 Å². The van der Waals surface area contributed by atoms with Gasteiger partial charge in [0, 0.05) is 5.69 Å². The number of aliphatic carboxylic acids is 2. The number of carboxylic acid groups (broad SMARTS) is 2. The standard InChI is InChI=1S/C10H15NO.C2H2O4/c1-8(2)7-12-10-5-3-9(11)4-6-10;3-1(4)2(5)6/h3-6,8H,7,11H2,1-2H3;(H,3,4)(H,5,6). The predicted molar refractivity (Wildman–Crippen MR) is 66.5 cm³/mol.